The number of benzene rings is 1. The molecule has 1 nitrogen and oxygen atoms in total. The van der Waals surface area contributed by atoms with Crippen LogP contribution in [0.5, 0.6) is 5.75 Å². The van der Waals surface area contributed by atoms with Gasteiger partial charge >= 0.3 is 0 Å². The molecule has 0 aromatic heterocycles. The van der Waals surface area contributed by atoms with E-state index in [0.29, 0.717) is 0 Å². The summed E-state index contributed by atoms with van der Waals surface area (Å²) in [6, 6.07) is 6.24. The molecule has 0 unspecified atom stereocenters. The molecular formula is C14H20OS. The topological polar surface area (TPSA) is 9.23 Å². The van der Waals surface area contributed by atoms with Gasteiger partial charge in [0, 0.05) is 11.5 Å². The Morgan fingerprint density at radius 1 is 1.31 bits per heavy atom. The van der Waals surface area contributed by atoms with Crippen molar-refractivity contribution in [1.29, 1.82) is 0 Å². The number of hydrogen-bond acceptors (Lipinski definition) is 2. The Morgan fingerprint density at radius 2 is 1.94 bits per heavy atom. The Bertz CT molecular complexity index is 338. The van der Waals surface area contributed by atoms with Crippen LogP contribution in [0.25, 0.3) is 0 Å². The number of hydrogen-bond donors (Lipinski definition) is 0. The van der Waals surface area contributed by atoms with Gasteiger partial charge in [-0.3, -0.25) is 0 Å². The number of para-hydroxylation sites is 1. The summed E-state index contributed by atoms with van der Waals surface area (Å²) in [6.45, 7) is 10.9. The normalized spacial score (nSPS) is 10.2. The van der Waals surface area contributed by atoms with Crippen LogP contribution in [-0.2, 0) is 0 Å². The van der Waals surface area contributed by atoms with E-state index in [4.69, 9.17) is 4.74 Å². The highest BCUT2D eigenvalue weighted by Crippen LogP contribution is 2.22. The van der Waals surface area contributed by atoms with Crippen molar-refractivity contribution in [3.8, 4) is 5.75 Å². The summed E-state index contributed by atoms with van der Waals surface area (Å²) in [5.74, 6) is 3.08. The van der Waals surface area contributed by atoms with Gasteiger partial charge in [0.1, 0.15) is 5.75 Å². The predicted molar refractivity (Wildman–Crippen MR) is 73.6 cm³/mol. The monoisotopic (exact) mass is 236 g/mol. The van der Waals surface area contributed by atoms with E-state index in [0.717, 1.165) is 23.9 Å². The number of thioether (sulfide) groups is 1. The molecule has 0 bridgehead atoms. The molecule has 0 atom stereocenters. The molecule has 1 aromatic rings. The molecular weight excluding hydrogens is 216 g/mol. The molecule has 0 spiro atoms. The van der Waals surface area contributed by atoms with Gasteiger partial charge in [0.05, 0.1) is 6.61 Å². The van der Waals surface area contributed by atoms with E-state index >= 15 is 0 Å². The zero-order chi connectivity index (χ0) is 12.0. The first-order valence-electron chi connectivity index (χ1n) is 5.52. The van der Waals surface area contributed by atoms with Gasteiger partial charge in [-0.05, 0) is 31.9 Å². The lowest BCUT2D eigenvalue weighted by Gasteiger charge is -2.11. The Kier molecular flexibility index (Phi) is 5.47. The molecule has 88 valence electrons. The zero-order valence-electron chi connectivity index (χ0n) is 10.4. The molecule has 0 heterocycles. The van der Waals surface area contributed by atoms with Gasteiger partial charge in [-0.25, -0.2) is 0 Å². The van der Waals surface area contributed by atoms with E-state index in [9.17, 15) is 0 Å². The van der Waals surface area contributed by atoms with Crippen molar-refractivity contribution < 1.29 is 4.74 Å². The Labute approximate surface area is 103 Å². The molecule has 0 saturated heterocycles. The van der Waals surface area contributed by atoms with E-state index in [2.05, 4.69) is 45.5 Å². The third-order valence-corrected chi connectivity index (χ3v) is 3.38. The fourth-order valence-corrected chi connectivity index (χ4v) is 2.17. The molecule has 1 rings (SSSR count). The van der Waals surface area contributed by atoms with Gasteiger partial charge in [-0.2, -0.15) is 11.8 Å². The summed E-state index contributed by atoms with van der Waals surface area (Å²) in [5.41, 5.74) is 3.65. The van der Waals surface area contributed by atoms with E-state index < -0.39 is 0 Å². The van der Waals surface area contributed by atoms with Gasteiger partial charge < -0.3 is 4.74 Å². The fourth-order valence-electron chi connectivity index (χ4n) is 1.48. The Balaban J connectivity index is 2.34. The summed E-state index contributed by atoms with van der Waals surface area (Å²) in [7, 11) is 0. The van der Waals surface area contributed by atoms with Crippen molar-refractivity contribution in [3.63, 3.8) is 0 Å². The third kappa shape index (κ3) is 4.31. The highest BCUT2D eigenvalue weighted by molar-refractivity contribution is 7.99. The van der Waals surface area contributed by atoms with Crippen molar-refractivity contribution in [2.75, 3.05) is 18.1 Å². The second-order valence-electron chi connectivity index (χ2n) is 4.08. The van der Waals surface area contributed by atoms with E-state index in [1.807, 2.05) is 11.8 Å². The Hall–Kier alpha value is -0.890. The van der Waals surface area contributed by atoms with Crippen LogP contribution in [-0.4, -0.2) is 18.1 Å². The lowest BCUT2D eigenvalue weighted by molar-refractivity contribution is 0.339. The van der Waals surface area contributed by atoms with Gasteiger partial charge in [0.2, 0.25) is 0 Å². The van der Waals surface area contributed by atoms with Crippen LogP contribution in [0.1, 0.15) is 18.1 Å². The molecule has 1 aromatic carbocycles. The average Bonchev–Trinajstić information content (AvgIpc) is 2.21. The van der Waals surface area contributed by atoms with Crippen molar-refractivity contribution in [2.24, 2.45) is 0 Å². The number of ether oxygens (including phenoxy) is 1. The first-order chi connectivity index (χ1) is 7.61. The molecule has 0 aliphatic heterocycles. The highest BCUT2D eigenvalue weighted by atomic mass is 32.2. The van der Waals surface area contributed by atoms with Crippen LogP contribution >= 0.6 is 11.8 Å². The zero-order valence-corrected chi connectivity index (χ0v) is 11.2. The molecule has 2 heteroatoms. The summed E-state index contributed by atoms with van der Waals surface area (Å²) in [4.78, 5) is 0. The molecule has 0 saturated carbocycles. The van der Waals surface area contributed by atoms with E-state index in [-0.39, 0.29) is 0 Å². The maximum Gasteiger partial charge on any atom is 0.125 e. The minimum Gasteiger partial charge on any atom is -0.492 e. The van der Waals surface area contributed by atoms with Crippen LogP contribution in [0.4, 0.5) is 0 Å². The SMILES string of the molecule is C=C(C)CSCCOc1c(C)cccc1C. The van der Waals surface area contributed by atoms with Gasteiger partial charge in [-0.1, -0.05) is 30.4 Å². The molecule has 0 aliphatic carbocycles. The van der Waals surface area contributed by atoms with Crippen LogP contribution in [0.3, 0.4) is 0 Å². The van der Waals surface area contributed by atoms with E-state index in [1.54, 1.807) is 0 Å². The minimum atomic E-state index is 0.768. The maximum atomic E-state index is 5.80. The predicted octanol–water partition coefficient (Wildman–Crippen LogP) is 3.99. The van der Waals surface area contributed by atoms with Crippen molar-refractivity contribution >= 4 is 11.8 Å². The molecule has 0 fully saturated rings. The van der Waals surface area contributed by atoms with Crippen LogP contribution < -0.4 is 4.74 Å². The fraction of sp³-hybridized carbons (Fsp3) is 0.429. The van der Waals surface area contributed by atoms with Crippen LogP contribution in [0.15, 0.2) is 30.4 Å². The van der Waals surface area contributed by atoms with Crippen molar-refractivity contribution in [3.05, 3.63) is 41.5 Å². The summed E-state index contributed by atoms with van der Waals surface area (Å²) >= 11 is 1.87. The first kappa shape index (κ1) is 13.2. The van der Waals surface area contributed by atoms with Crippen molar-refractivity contribution in [1.82, 2.24) is 0 Å². The molecule has 0 amide bonds. The second kappa shape index (κ2) is 6.64. The number of rotatable bonds is 6. The average molecular weight is 236 g/mol. The van der Waals surface area contributed by atoms with Crippen LogP contribution in [0.2, 0.25) is 0 Å². The summed E-state index contributed by atoms with van der Waals surface area (Å²) in [6.07, 6.45) is 0. The lowest BCUT2D eigenvalue weighted by atomic mass is 10.1. The maximum absolute atomic E-state index is 5.80. The van der Waals surface area contributed by atoms with Crippen LogP contribution in [0, 0.1) is 13.8 Å². The molecule has 0 aliphatic rings. The van der Waals surface area contributed by atoms with Crippen molar-refractivity contribution in [2.45, 2.75) is 20.8 Å². The van der Waals surface area contributed by atoms with E-state index in [1.165, 1.54) is 16.7 Å². The lowest BCUT2D eigenvalue weighted by Crippen LogP contribution is -2.03. The van der Waals surface area contributed by atoms with Gasteiger partial charge in [0.25, 0.3) is 0 Å². The molecule has 16 heavy (non-hydrogen) atoms. The quantitative estimate of drug-likeness (QED) is 0.545. The third-order valence-electron chi connectivity index (χ3n) is 2.23. The highest BCUT2D eigenvalue weighted by Gasteiger charge is 2.02. The summed E-state index contributed by atoms with van der Waals surface area (Å²) in [5, 5.41) is 0. The minimum absolute atomic E-state index is 0.768. The smallest absolute Gasteiger partial charge is 0.125 e. The second-order valence-corrected chi connectivity index (χ2v) is 5.18. The first-order valence-corrected chi connectivity index (χ1v) is 6.68. The molecule has 0 N–H and O–H groups in total. The standard InChI is InChI=1S/C14H20OS/c1-11(2)10-16-9-8-15-14-12(3)6-5-7-13(14)4/h5-7H,1,8-10H2,2-4H3. The Morgan fingerprint density at radius 3 is 2.50 bits per heavy atom. The van der Waals surface area contributed by atoms with Gasteiger partial charge in [0.15, 0.2) is 0 Å². The largest absolute Gasteiger partial charge is 0.492 e. The summed E-state index contributed by atoms with van der Waals surface area (Å²) < 4.78 is 5.80. The van der Waals surface area contributed by atoms with Gasteiger partial charge in [-0.15, -0.1) is 0 Å². The molecule has 0 radical (unpaired) electrons. The number of aryl methyl sites for hydroxylation is 2.